The molecule has 1 atom stereocenters. The summed E-state index contributed by atoms with van der Waals surface area (Å²) in [6, 6.07) is 18.3. The van der Waals surface area contributed by atoms with E-state index in [1.54, 1.807) is 12.3 Å². The molecule has 0 saturated carbocycles. The number of thiocarbonyl (C=S) groups is 1. The lowest BCUT2D eigenvalue weighted by molar-refractivity contribution is 0.502. The van der Waals surface area contributed by atoms with Gasteiger partial charge in [0.05, 0.1) is 18.8 Å². The summed E-state index contributed by atoms with van der Waals surface area (Å²) in [4.78, 5) is 0. The van der Waals surface area contributed by atoms with Crippen LogP contribution in [0.5, 0.6) is 0 Å². The first kappa shape index (κ1) is 18.1. The number of nitrogens with one attached hydrogen (secondary N) is 2. The highest BCUT2D eigenvalue weighted by Gasteiger charge is 2.16. The highest BCUT2D eigenvalue weighted by Crippen LogP contribution is 2.23. The van der Waals surface area contributed by atoms with Crippen LogP contribution in [0, 0.1) is 5.82 Å². The first-order valence-corrected chi connectivity index (χ1v) is 8.97. The minimum Gasteiger partial charge on any atom is -0.467 e. The number of aryl methyl sites for hydroxylation is 1. The van der Waals surface area contributed by atoms with Gasteiger partial charge in [-0.2, -0.15) is 0 Å². The maximum atomic E-state index is 13.7. The summed E-state index contributed by atoms with van der Waals surface area (Å²) in [6.45, 7) is 2.61. The molecule has 0 spiro atoms. The van der Waals surface area contributed by atoms with Gasteiger partial charge in [0.1, 0.15) is 11.6 Å². The van der Waals surface area contributed by atoms with E-state index < -0.39 is 0 Å². The summed E-state index contributed by atoms with van der Waals surface area (Å²) >= 11 is 5.43. The van der Waals surface area contributed by atoms with Gasteiger partial charge in [-0.1, -0.05) is 43.3 Å². The van der Waals surface area contributed by atoms with Crippen molar-refractivity contribution in [1.82, 2.24) is 10.6 Å². The summed E-state index contributed by atoms with van der Waals surface area (Å²) < 4.78 is 19.0. The standard InChI is InChI=1S/C21H21FN2OS/c1-2-15-8-10-16(11-9-15)20(17-5-3-6-18(22)13-17)24-21(26)23-14-19-7-4-12-25-19/h3-13,20H,2,14H2,1H3,(H2,23,24,26)/t20-/m1/s1. The Labute approximate surface area is 158 Å². The lowest BCUT2D eigenvalue weighted by atomic mass is 9.97. The Balaban J connectivity index is 1.78. The van der Waals surface area contributed by atoms with Crippen molar-refractivity contribution >= 4 is 17.3 Å². The Morgan fingerprint density at radius 1 is 1.08 bits per heavy atom. The van der Waals surface area contributed by atoms with Crippen LogP contribution in [-0.4, -0.2) is 5.11 Å². The van der Waals surface area contributed by atoms with Crippen LogP contribution in [0.25, 0.3) is 0 Å². The van der Waals surface area contributed by atoms with E-state index in [2.05, 4.69) is 41.8 Å². The molecule has 0 bridgehead atoms. The number of furan rings is 1. The number of halogens is 1. The fourth-order valence-electron chi connectivity index (χ4n) is 2.75. The van der Waals surface area contributed by atoms with Gasteiger partial charge in [0.15, 0.2) is 5.11 Å². The third kappa shape index (κ3) is 4.70. The molecular weight excluding hydrogens is 347 g/mol. The van der Waals surface area contributed by atoms with Gasteiger partial charge in [0, 0.05) is 0 Å². The number of hydrogen-bond donors (Lipinski definition) is 2. The van der Waals surface area contributed by atoms with E-state index >= 15 is 0 Å². The molecule has 0 aliphatic carbocycles. The summed E-state index contributed by atoms with van der Waals surface area (Å²) in [5.41, 5.74) is 3.09. The second-order valence-electron chi connectivity index (χ2n) is 5.99. The van der Waals surface area contributed by atoms with Gasteiger partial charge in [0.25, 0.3) is 0 Å². The van der Waals surface area contributed by atoms with Gasteiger partial charge in [-0.15, -0.1) is 0 Å². The molecule has 1 heterocycles. The normalized spacial score (nSPS) is 11.8. The van der Waals surface area contributed by atoms with Crippen LogP contribution >= 0.6 is 12.2 Å². The minimum atomic E-state index is -0.269. The first-order valence-electron chi connectivity index (χ1n) is 8.56. The van der Waals surface area contributed by atoms with Crippen molar-refractivity contribution in [2.75, 3.05) is 0 Å². The zero-order valence-corrected chi connectivity index (χ0v) is 15.4. The van der Waals surface area contributed by atoms with Crippen LogP contribution in [-0.2, 0) is 13.0 Å². The summed E-state index contributed by atoms with van der Waals surface area (Å²) in [5, 5.41) is 6.90. The molecule has 0 aliphatic heterocycles. The van der Waals surface area contributed by atoms with Crippen molar-refractivity contribution in [3.8, 4) is 0 Å². The van der Waals surface area contributed by atoms with Gasteiger partial charge in [-0.25, -0.2) is 4.39 Å². The maximum Gasteiger partial charge on any atom is 0.167 e. The quantitative estimate of drug-likeness (QED) is 0.617. The maximum absolute atomic E-state index is 13.7. The van der Waals surface area contributed by atoms with E-state index in [9.17, 15) is 4.39 Å². The van der Waals surface area contributed by atoms with Crippen molar-refractivity contribution in [3.63, 3.8) is 0 Å². The summed E-state index contributed by atoms with van der Waals surface area (Å²) in [7, 11) is 0. The van der Waals surface area contributed by atoms with E-state index in [0.717, 1.165) is 23.3 Å². The minimum absolute atomic E-state index is 0.242. The van der Waals surface area contributed by atoms with Crippen molar-refractivity contribution < 1.29 is 8.81 Å². The van der Waals surface area contributed by atoms with Crippen molar-refractivity contribution in [3.05, 3.63) is 95.2 Å². The van der Waals surface area contributed by atoms with Crippen LogP contribution in [0.4, 0.5) is 4.39 Å². The highest BCUT2D eigenvalue weighted by atomic mass is 32.1. The highest BCUT2D eigenvalue weighted by molar-refractivity contribution is 7.80. The van der Waals surface area contributed by atoms with Crippen molar-refractivity contribution in [2.45, 2.75) is 25.9 Å². The molecule has 0 radical (unpaired) electrons. The van der Waals surface area contributed by atoms with Crippen LogP contribution in [0.2, 0.25) is 0 Å². The number of hydrogen-bond acceptors (Lipinski definition) is 2. The van der Waals surface area contributed by atoms with Crippen LogP contribution in [0.15, 0.2) is 71.3 Å². The second kappa shape index (κ2) is 8.63. The molecule has 3 rings (SSSR count). The molecule has 0 aliphatic rings. The predicted molar refractivity (Wildman–Crippen MR) is 105 cm³/mol. The van der Waals surface area contributed by atoms with Gasteiger partial charge < -0.3 is 15.1 Å². The Hall–Kier alpha value is -2.66. The topological polar surface area (TPSA) is 37.2 Å². The monoisotopic (exact) mass is 368 g/mol. The molecule has 5 heteroatoms. The molecule has 0 saturated heterocycles. The lowest BCUT2D eigenvalue weighted by Crippen LogP contribution is -2.37. The first-order chi connectivity index (χ1) is 12.7. The molecule has 26 heavy (non-hydrogen) atoms. The second-order valence-corrected chi connectivity index (χ2v) is 6.40. The zero-order valence-electron chi connectivity index (χ0n) is 14.5. The van der Waals surface area contributed by atoms with E-state index in [4.69, 9.17) is 16.6 Å². The molecule has 1 aromatic heterocycles. The zero-order chi connectivity index (χ0) is 18.4. The van der Waals surface area contributed by atoms with Crippen LogP contribution in [0.3, 0.4) is 0 Å². The molecular formula is C21H21FN2OS. The Morgan fingerprint density at radius 2 is 1.88 bits per heavy atom. The van der Waals surface area contributed by atoms with Crippen molar-refractivity contribution in [2.24, 2.45) is 0 Å². The Bertz CT molecular complexity index is 847. The Kier molecular flexibility index (Phi) is 6.02. The SMILES string of the molecule is CCc1ccc([C@@H](NC(=S)NCc2ccco2)c2cccc(F)c2)cc1. The predicted octanol–water partition coefficient (Wildman–Crippen LogP) is 4.73. The van der Waals surface area contributed by atoms with Gasteiger partial charge >= 0.3 is 0 Å². The molecule has 0 amide bonds. The van der Waals surface area contributed by atoms with E-state index in [1.165, 1.54) is 17.7 Å². The summed E-state index contributed by atoms with van der Waals surface area (Å²) in [5.74, 6) is 0.526. The fourth-order valence-corrected chi connectivity index (χ4v) is 2.94. The van der Waals surface area contributed by atoms with E-state index in [0.29, 0.717) is 11.7 Å². The molecule has 0 fully saturated rings. The summed E-state index contributed by atoms with van der Waals surface area (Å²) in [6.07, 6.45) is 2.60. The molecule has 3 nitrogen and oxygen atoms in total. The fraction of sp³-hybridized carbons (Fsp3) is 0.190. The molecule has 2 N–H and O–H groups in total. The molecule has 2 aromatic carbocycles. The lowest BCUT2D eigenvalue weighted by Gasteiger charge is -2.22. The average molecular weight is 368 g/mol. The largest absolute Gasteiger partial charge is 0.467 e. The third-order valence-electron chi connectivity index (χ3n) is 4.18. The number of rotatable bonds is 6. The van der Waals surface area contributed by atoms with Gasteiger partial charge in [-0.05, 0) is 59.6 Å². The molecule has 3 aromatic rings. The van der Waals surface area contributed by atoms with Crippen molar-refractivity contribution in [1.29, 1.82) is 0 Å². The third-order valence-corrected chi connectivity index (χ3v) is 4.44. The molecule has 134 valence electrons. The Morgan fingerprint density at radius 3 is 2.54 bits per heavy atom. The number of benzene rings is 2. The van der Waals surface area contributed by atoms with Crippen LogP contribution < -0.4 is 10.6 Å². The van der Waals surface area contributed by atoms with E-state index in [-0.39, 0.29) is 11.9 Å². The smallest absolute Gasteiger partial charge is 0.167 e. The van der Waals surface area contributed by atoms with E-state index in [1.807, 2.05) is 18.2 Å². The van der Waals surface area contributed by atoms with Gasteiger partial charge in [-0.3, -0.25) is 0 Å². The van der Waals surface area contributed by atoms with Crippen LogP contribution in [0.1, 0.15) is 35.4 Å². The average Bonchev–Trinajstić information content (AvgIpc) is 3.18. The molecule has 0 unspecified atom stereocenters. The van der Waals surface area contributed by atoms with Gasteiger partial charge in [0.2, 0.25) is 0 Å².